The summed E-state index contributed by atoms with van der Waals surface area (Å²) in [5, 5.41) is 5.07. The molecule has 4 rings (SSSR count). The van der Waals surface area contributed by atoms with Gasteiger partial charge in [-0.15, -0.1) is 0 Å². The van der Waals surface area contributed by atoms with Crippen molar-refractivity contribution in [1.82, 2.24) is 8.75 Å². The summed E-state index contributed by atoms with van der Waals surface area (Å²) >= 11 is 1.12. The Balaban J connectivity index is 1.44. The number of rotatable bonds is 4. The number of fused-ring (bicyclic) bond motifs is 1. The van der Waals surface area contributed by atoms with Crippen molar-refractivity contribution in [3.05, 3.63) is 71.3 Å². The van der Waals surface area contributed by atoms with E-state index in [-0.39, 0.29) is 11.3 Å². The van der Waals surface area contributed by atoms with E-state index in [2.05, 4.69) is 19.4 Å². The maximum atomic E-state index is 13.1. The van der Waals surface area contributed by atoms with Crippen LogP contribution in [0, 0.1) is 13.8 Å². The summed E-state index contributed by atoms with van der Waals surface area (Å²) in [6, 6.07) is 13.5. The Morgan fingerprint density at radius 2 is 1.59 bits per heavy atom. The zero-order valence-corrected chi connectivity index (χ0v) is 17.8. The topological polar surface area (TPSA) is 76.1 Å². The molecule has 0 aliphatic rings. The molecule has 2 amide bonds. The average Bonchev–Trinajstić information content (AvgIpc) is 3.18. The number of nitrogens with one attached hydrogen (secondary N) is 2. The number of alkyl halides is 3. The predicted octanol–water partition coefficient (Wildman–Crippen LogP) is 6.76. The minimum atomic E-state index is -4.49. The van der Waals surface area contributed by atoms with Gasteiger partial charge in [0.05, 0.1) is 17.3 Å². The van der Waals surface area contributed by atoms with E-state index in [1.807, 2.05) is 6.07 Å². The van der Waals surface area contributed by atoms with Crippen LogP contribution in [0.4, 0.5) is 29.3 Å². The van der Waals surface area contributed by atoms with Crippen LogP contribution in [-0.2, 0) is 6.18 Å². The maximum absolute atomic E-state index is 13.1. The molecular weight excluding hydrogens is 441 g/mol. The lowest BCUT2D eigenvalue weighted by Gasteiger charge is -2.14. The first-order valence-corrected chi connectivity index (χ1v) is 10.2. The Morgan fingerprint density at radius 3 is 2.34 bits per heavy atom. The molecule has 0 aliphatic heterocycles. The van der Waals surface area contributed by atoms with Crippen molar-refractivity contribution in [3.8, 4) is 11.5 Å². The van der Waals surface area contributed by atoms with Crippen LogP contribution in [0.3, 0.4) is 0 Å². The zero-order chi connectivity index (χ0) is 22.9. The second kappa shape index (κ2) is 8.46. The molecule has 1 aromatic heterocycles. The van der Waals surface area contributed by atoms with Gasteiger partial charge in [0.15, 0.2) is 0 Å². The van der Waals surface area contributed by atoms with Gasteiger partial charge in [0.25, 0.3) is 0 Å². The van der Waals surface area contributed by atoms with Gasteiger partial charge in [-0.1, -0.05) is 6.07 Å². The normalized spacial score (nSPS) is 11.4. The molecule has 0 saturated heterocycles. The van der Waals surface area contributed by atoms with Crippen LogP contribution in [0.25, 0.3) is 11.0 Å². The van der Waals surface area contributed by atoms with Gasteiger partial charge >= 0.3 is 12.2 Å². The van der Waals surface area contributed by atoms with Crippen molar-refractivity contribution < 1.29 is 22.7 Å². The van der Waals surface area contributed by atoms with Crippen molar-refractivity contribution in [2.75, 3.05) is 10.6 Å². The molecule has 0 radical (unpaired) electrons. The Hall–Kier alpha value is -3.66. The fraction of sp³-hybridized carbons (Fsp3) is 0.136. The fourth-order valence-corrected chi connectivity index (χ4v) is 3.61. The van der Waals surface area contributed by atoms with Crippen LogP contribution < -0.4 is 15.4 Å². The highest BCUT2D eigenvalue weighted by Crippen LogP contribution is 2.33. The number of benzene rings is 3. The number of aromatic nitrogens is 2. The number of nitrogens with zero attached hydrogens (tertiary/aromatic N) is 2. The van der Waals surface area contributed by atoms with E-state index in [1.54, 1.807) is 37.3 Å². The molecule has 10 heteroatoms. The highest BCUT2D eigenvalue weighted by atomic mass is 32.1. The lowest BCUT2D eigenvalue weighted by molar-refractivity contribution is -0.138. The highest BCUT2D eigenvalue weighted by molar-refractivity contribution is 7.00. The number of halogens is 3. The zero-order valence-electron chi connectivity index (χ0n) is 16.9. The number of hydrogen-bond acceptors (Lipinski definition) is 5. The van der Waals surface area contributed by atoms with Gasteiger partial charge in [0, 0.05) is 17.4 Å². The summed E-state index contributed by atoms with van der Waals surface area (Å²) in [5.41, 5.74) is 2.08. The summed E-state index contributed by atoms with van der Waals surface area (Å²) < 4.78 is 53.4. The minimum absolute atomic E-state index is 0.0463. The number of ether oxygens (including phenoxy) is 1. The predicted molar refractivity (Wildman–Crippen MR) is 117 cm³/mol. The molecule has 0 bridgehead atoms. The van der Waals surface area contributed by atoms with Gasteiger partial charge in [-0.2, -0.15) is 21.9 Å². The Kier molecular flexibility index (Phi) is 5.70. The van der Waals surface area contributed by atoms with Crippen LogP contribution in [0.2, 0.25) is 0 Å². The first-order chi connectivity index (χ1) is 15.2. The van der Waals surface area contributed by atoms with Crippen LogP contribution in [-0.4, -0.2) is 14.8 Å². The number of carbonyl (C=O) groups is 1. The Morgan fingerprint density at radius 1 is 0.875 bits per heavy atom. The molecule has 6 nitrogen and oxygen atoms in total. The van der Waals surface area contributed by atoms with Gasteiger partial charge in [0.2, 0.25) is 0 Å². The van der Waals surface area contributed by atoms with Crippen LogP contribution in [0.15, 0.2) is 54.6 Å². The molecule has 0 unspecified atom stereocenters. The van der Waals surface area contributed by atoms with Crippen LogP contribution in [0.5, 0.6) is 11.5 Å². The molecule has 32 heavy (non-hydrogen) atoms. The van der Waals surface area contributed by atoms with Gasteiger partial charge in [0.1, 0.15) is 22.5 Å². The van der Waals surface area contributed by atoms with E-state index in [0.29, 0.717) is 22.7 Å². The van der Waals surface area contributed by atoms with Gasteiger partial charge in [-0.25, -0.2) is 4.79 Å². The molecule has 0 saturated carbocycles. The number of urea groups is 1. The number of carbonyl (C=O) groups excluding carboxylic acids is 1. The molecule has 0 aliphatic carbocycles. The van der Waals surface area contributed by atoms with Gasteiger partial charge < -0.3 is 15.4 Å². The molecular formula is C22H17F3N4O2S. The number of aryl methyl sites for hydroxylation is 2. The lowest BCUT2D eigenvalue weighted by atomic mass is 10.1. The summed E-state index contributed by atoms with van der Waals surface area (Å²) in [5.74, 6) is 1.16. The fourth-order valence-electron chi connectivity index (χ4n) is 3.09. The molecule has 2 N–H and O–H groups in total. The Labute approximate surface area is 185 Å². The van der Waals surface area contributed by atoms with E-state index in [0.717, 1.165) is 28.8 Å². The van der Waals surface area contributed by atoms with E-state index in [4.69, 9.17) is 4.74 Å². The molecule has 0 spiro atoms. The highest BCUT2D eigenvalue weighted by Gasteiger charge is 2.32. The third-order valence-electron chi connectivity index (χ3n) is 4.71. The van der Waals surface area contributed by atoms with E-state index in [9.17, 15) is 18.0 Å². The summed E-state index contributed by atoms with van der Waals surface area (Å²) in [4.78, 5) is 12.3. The van der Waals surface area contributed by atoms with Crippen molar-refractivity contribution in [2.24, 2.45) is 0 Å². The standard InChI is InChI=1S/C22H17F3N4O2S/c1-12-3-4-14(10-17(12)22(23,24)25)26-21(30)27-18-7-5-15(9-13(18)2)31-16-6-8-19-20(11-16)29-32-28-19/h3-11H,1-2H3,(H2,26,27,30). The first-order valence-electron chi connectivity index (χ1n) is 9.46. The number of anilines is 2. The third-order valence-corrected chi connectivity index (χ3v) is 5.26. The quantitative estimate of drug-likeness (QED) is 0.354. The van der Waals surface area contributed by atoms with Crippen molar-refractivity contribution in [1.29, 1.82) is 0 Å². The first kappa shape index (κ1) is 21.6. The molecule has 0 atom stereocenters. The van der Waals surface area contributed by atoms with Crippen molar-refractivity contribution >= 4 is 40.2 Å². The molecule has 0 fully saturated rings. The van der Waals surface area contributed by atoms with Gasteiger partial charge in [-0.05, 0) is 67.4 Å². The molecule has 3 aromatic carbocycles. The van der Waals surface area contributed by atoms with Crippen molar-refractivity contribution in [2.45, 2.75) is 20.0 Å². The summed E-state index contributed by atoms with van der Waals surface area (Å²) in [6.07, 6.45) is -4.49. The average molecular weight is 458 g/mol. The van der Waals surface area contributed by atoms with Crippen molar-refractivity contribution in [3.63, 3.8) is 0 Å². The summed E-state index contributed by atoms with van der Waals surface area (Å²) in [6.45, 7) is 3.15. The van der Waals surface area contributed by atoms with E-state index >= 15 is 0 Å². The van der Waals surface area contributed by atoms with E-state index in [1.165, 1.54) is 19.1 Å². The molecule has 164 valence electrons. The monoisotopic (exact) mass is 458 g/mol. The number of amides is 2. The summed E-state index contributed by atoms with van der Waals surface area (Å²) in [7, 11) is 0. The van der Waals surface area contributed by atoms with Crippen LogP contribution >= 0.6 is 11.7 Å². The second-order valence-electron chi connectivity index (χ2n) is 7.10. The lowest BCUT2D eigenvalue weighted by Crippen LogP contribution is -2.20. The smallest absolute Gasteiger partial charge is 0.416 e. The molecule has 1 heterocycles. The number of hydrogen-bond donors (Lipinski definition) is 2. The van der Waals surface area contributed by atoms with E-state index < -0.39 is 17.8 Å². The van der Waals surface area contributed by atoms with Gasteiger partial charge in [-0.3, -0.25) is 0 Å². The molecule has 4 aromatic rings. The SMILES string of the molecule is Cc1cc(Oc2ccc3nsnc3c2)ccc1NC(=O)Nc1ccc(C)c(C(F)(F)F)c1. The largest absolute Gasteiger partial charge is 0.457 e. The second-order valence-corrected chi connectivity index (χ2v) is 7.63. The Bertz CT molecular complexity index is 1300. The third kappa shape index (κ3) is 4.80. The van der Waals surface area contributed by atoms with Crippen LogP contribution in [0.1, 0.15) is 16.7 Å². The minimum Gasteiger partial charge on any atom is -0.457 e. The maximum Gasteiger partial charge on any atom is 0.416 e.